The van der Waals surface area contributed by atoms with Crippen LogP contribution >= 0.6 is 0 Å². The Kier molecular flexibility index (Phi) is 3.52. The number of nitrogens with one attached hydrogen (secondary N) is 1. The summed E-state index contributed by atoms with van der Waals surface area (Å²) in [6.07, 6.45) is 2.23. The number of phenols is 1. The molecule has 2 rings (SSSR count). The van der Waals surface area contributed by atoms with Gasteiger partial charge in [0, 0.05) is 13.1 Å². The van der Waals surface area contributed by atoms with E-state index in [9.17, 15) is 9.90 Å². The molecule has 4 nitrogen and oxygen atoms in total. The Morgan fingerprint density at radius 1 is 1.47 bits per heavy atom. The molecule has 1 unspecified atom stereocenters. The van der Waals surface area contributed by atoms with Crippen LogP contribution in [0.15, 0.2) is 24.3 Å². The van der Waals surface area contributed by atoms with Gasteiger partial charge in [0.2, 0.25) is 0 Å². The van der Waals surface area contributed by atoms with E-state index in [-0.39, 0.29) is 11.8 Å². The molecule has 2 amide bonds. The minimum absolute atomic E-state index is 0.103. The van der Waals surface area contributed by atoms with Crippen LogP contribution in [0, 0.1) is 5.92 Å². The fourth-order valence-electron chi connectivity index (χ4n) is 2.15. The third-order valence-electron chi connectivity index (χ3n) is 3.09. The van der Waals surface area contributed by atoms with Gasteiger partial charge in [0.15, 0.2) is 0 Å². The number of hydrogen-bond donors (Lipinski definition) is 2. The van der Waals surface area contributed by atoms with Gasteiger partial charge < -0.3 is 15.3 Å². The summed E-state index contributed by atoms with van der Waals surface area (Å²) in [5.74, 6) is 0.657. The lowest BCUT2D eigenvalue weighted by molar-refractivity contribution is 0.182. The van der Waals surface area contributed by atoms with Crippen molar-refractivity contribution in [2.75, 3.05) is 18.4 Å². The average molecular weight is 234 g/mol. The summed E-state index contributed by atoms with van der Waals surface area (Å²) in [7, 11) is 0. The number of carbonyl (C=O) groups is 1. The maximum Gasteiger partial charge on any atom is 0.321 e. The lowest BCUT2D eigenvalue weighted by Gasteiger charge is -2.30. The third-order valence-corrected chi connectivity index (χ3v) is 3.09. The summed E-state index contributed by atoms with van der Waals surface area (Å²) < 4.78 is 0. The Morgan fingerprint density at radius 2 is 2.24 bits per heavy atom. The topological polar surface area (TPSA) is 52.6 Å². The molecule has 1 fully saturated rings. The number of likely N-dealkylation sites (tertiary alicyclic amines) is 1. The van der Waals surface area contributed by atoms with Gasteiger partial charge in [-0.05, 0) is 30.9 Å². The van der Waals surface area contributed by atoms with Crippen LogP contribution in [-0.2, 0) is 0 Å². The number of hydrogen-bond acceptors (Lipinski definition) is 2. The van der Waals surface area contributed by atoms with E-state index in [1.807, 2.05) is 0 Å². The zero-order valence-electron chi connectivity index (χ0n) is 10.0. The van der Waals surface area contributed by atoms with Crippen LogP contribution < -0.4 is 5.32 Å². The predicted octanol–water partition coefficient (Wildman–Crippen LogP) is 2.66. The van der Waals surface area contributed by atoms with Gasteiger partial charge in [-0.3, -0.25) is 0 Å². The molecule has 1 aliphatic heterocycles. The average Bonchev–Trinajstić information content (AvgIpc) is 2.32. The number of urea groups is 1. The second-order valence-electron chi connectivity index (χ2n) is 4.64. The molecule has 0 spiro atoms. The molecule has 0 aliphatic carbocycles. The van der Waals surface area contributed by atoms with Gasteiger partial charge in [0.05, 0.1) is 5.69 Å². The van der Waals surface area contributed by atoms with Gasteiger partial charge in [-0.1, -0.05) is 19.1 Å². The second kappa shape index (κ2) is 5.08. The maximum atomic E-state index is 12.0. The summed E-state index contributed by atoms with van der Waals surface area (Å²) in [6, 6.07) is 6.65. The first-order valence-corrected chi connectivity index (χ1v) is 6.00. The van der Waals surface area contributed by atoms with Crippen LogP contribution in [0.2, 0.25) is 0 Å². The molecule has 1 saturated heterocycles. The van der Waals surface area contributed by atoms with E-state index >= 15 is 0 Å². The van der Waals surface area contributed by atoms with Gasteiger partial charge >= 0.3 is 6.03 Å². The monoisotopic (exact) mass is 234 g/mol. The normalized spacial score (nSPS) is 20.1. The van der Waals surface area contributed by atoms with Crippen molar-refractivity contribution in [1.82, 2.24) is 4.90 Å². The number of phenolic OH excluding ortho intramolecular Hbond substituents is 1. The van der Waals surface area contributed by atoms with Crippen molar-refractivity contribution < 1.29 is 9.90 Å². The number of para-hydroxylation sites is 2. The number of aromatic hydroxyl groups is 1. The Labute approximate surface area is 101 Å². The second-order valence-corrected chi connectivity index (χ2v) is 4.64. The Hall–Kier alpha value is -1.71. The van der Waals surface area contributed by atoms with Crippen molar-refractivity contribution >= 4 is 11.7 Å². The number of anilines is 1. The van der Waals surface area contributed by atoms with E-state index in [1.54, 1.807) is 29.2 Å². The van der Waals surface area contributed by atoms with Crippen molar-refractivity contribution in [1.29, 1.82) is 0 Å². The van der Waals surface area contributed by atoms with Crippen LogP contribution in [0.25, 0.3) is 0 Å². The molecule has 0 aromatic heterocycles. The Balaban J connectivity index is 1.99. The molecule has 1 aliphatic rings. The summed E-state index contributed by atoms with van der Waals surface area (Å²) in [5.41, 5.74) is 0.468. The molecule has 0 saturated carbocycles. The Morgan fingerprint density at radius 3 is 2.94 bits per heavy atom. The summed E-state index contributed by atoms with van der Waals surface area (Å²) in [6.45, 7) is 3.74. The van der Waals surface area contributed by atoms with Crippen LogP contribution in [0.3, 0.4) is 0 Å². The molecule has 1 heterocycles. The molecule has 92 valence electrons. The van der Waals surface area contributed by atoms with Crippen molar-refractivity contribution in [3.05, 3.63) is 24.3 Å². The maximum absolute atomic E-state index is 12.0. The highest BCUT2D eigenvalue weighted by molar-refractivity contribution is 5.90. The highest BCUT2D eigenvalue weighted by Crippen LogP contribution is 2.23. The van der Waals surface area contributed by atoms with E-state index in [0.717, 1.165) is 19.5 Å². The predicted molar refractivity (Wildman–Crippen MR) is 67.1 cm³/mol. The minimum atomic E-state index is -0.127. The van der Waals surface area contributed by atoms with Crippen LogP contribution in [0.5, 0.6) is 5.75 Å². The molecule has 1 atom stereocenters. The fourth-order valence-corrected chi connectivity index (χ4v) is 2.15. The zero-order chi connectivity index (χ0) is 12.3. The number of benzene rings is 1. The molecule has 4 heteroatoms. The summed E-state index contributed by atoms with van der Waals surface area (Å²) in [4.78, 5) is 13.8. The van der Waals surface area contributed by atoms with E-state index in [0.29, 0.717) is 11.6 Å². The van der Waals surface area contributed by atoms with Crippen LogP contribution in [0.4, 0.5) is 10.5 Å². The standard InChI is InChI=1S/C13H18N2O2/c1-10-5-4-8-15(9-10)13(17)14-11-6-2-3-7-12(11)16/h2-3,6-7,10,16H,4-5,8-9H2,1H3,(H,14,17). The third kappa shape index (κ3) is 2.90. The number of amides is 2. The van der Waals surface area contributed by atoms with Crippen LogP contribution in [0.1, 0.15) is 19.8 Å². The van der Waals surface area contributed by atoms with Crippen LogP contribution in [-0.4, -0.2) is 29.1 Å². The molecular formula is C13H18N2O2. The summed E-state index contributed by atoms with van der Waals surface area (Å²) in [5, 5.41) is 12.3. The minimum Gasteiger partial charge on any atom is -0.506 e. The zero-order valence-corrected chi connectivity index (χ0v) is 10.0. The van der Waals surface area contributed by atoms with Gasteiger partial charge in [0.25, 0.3) is 0 Å². The highest BCUT2D eigenvalue weighted by Gasteiger charge is 2.21. The van der Waals surface area contributed by atoms with Gasteiger partial charge in [-0.25, -0.2) is 4.79 Å². The first kappa shape index (κ1) is 11.8. The molecule has 2 N–H and O–H groups in total. The van der Waals surface area contributed by atoms with Crippen molar-refractivity contribution in [2.24, 2.45) is 5.92 Å². The van der Waals surface area contributed by atoms with Crippen molar-refractivity contribution in [3.8, 4) is 5.75 Å². The molecule has 17 heavy (non-hydrogen) atoms. The number of nitrogens with zero attached hydrogens (tertiary/aromatic N) is 1. The molecular weight excluding hydrogens is 216 g/mol. The largest absolute Gasteiger partial charge is 0.506 e. The quantitative estimate of drug-likeness (QED) is 0.734. The number of piperidine rings is 1. The Bertz CT molecular complexity index is 406. The summed E-state index contributed by atoms with van der Waals surface area (Å²) >= 11 is 0. The first-order chi connectivity index (χ1) is 8.16. The number of carbonyl (C=O) groups excluding carboxylic acids is 1. The van der Waals surface area contributed by atoms with E-state index in [4.69, 9.17) is 0 Å². The SMILES string of the molecule is CC1CCCN(C(=O)Nc2ccccc2O)C1. The molecule has 1 aromatic carbocycles. The van der Waals surface area contributed by atoms with E-state index in [2.05, 4.69) is 12.2 Å². The fraction of sp³-hybridized carbons (Fsp3) is 0.462. The highest BCUT2D eigenvalue weighted by atomic mass is 16.3. The molecule has 0 bridgehead atoms. The van der Waals surface area contributed by atoms with Crippen molar-refractivity contribution in [3.63, 3.8) is 0 Å². The lowest BCUT2D eigenvalue weighted by Crippen LogP contribution is -2.41. The van der Waals surface area contributed by atoms with Gasteiger partial charge in [-0.2, -0.15) is 0 Å². The number of rotatable bonds is 1. The smallest absolute Gasteiger partial charge is 0.321 e. The van der Waals surface area contributed by atoms with E-state index in [1.165, 1.54) is 6.42 Å². The van der Waals surface area contributed by atoms with Gasteiger partial charge in [0.1, 0.15) is 5.75 Å². The van der Waals surface area contributed by atoms with E-state index < -0.39 is 0 Å². The van der Waals surface area contributed by atoms with Gasteiger partial charge in [-0.15, -0.1) is 0 Å². The molecule has 1 aromatic rings. The molecule has 0 radical (unpaired) electrons. The first-order valence-electron chi connectivity index (χ1n) is 6.00. The van der Waals surface area contributed by atoms with Crippen molar-refractivity contribution in [2.45, 2.75) is 19.8 Å². The lowest BCUT2D eigenvalue weighted by atomic mass is 10.0.